The molecule has 0 unspecified atom stereocenters. The number of piperidine rings is 2. The molecule has 2 N–H and O–H groups in total. The smallest absolute Gasteiger partial charge is 0.270 e. The first-order chi connectivity index (χ1) is 14.7. The topological polar surface area (TPSA) is 67.0 Å². The van der Waals surface area contributed by atoms with Crippen LogP contribution in [0, 0.1) is 0 Å². The van der Waals surface area contributed by atoms with Crippen molar-refractivity contribution in [3.05, 3.63) is 65.7 Å². The van der Waals surface area contributed by atoms with E-state index in [-0.39, 0.29) is 17.5 Å². The molecular formula is C24H30N3O3+. The predicted molar refractivity (Wildman–Crippen MR) is 115 cm³/mol. The summed E-state index contributed by atoms with van der Waals surface area (Å²) in [5.41, 5.74) is 0.769. The Labute approximate surface area is 177 Å². The third-order valence-electron chi connectivity index (χ3n) is 6.20. The Balaban J connectivity index is 1.44. The summed E-state index contributed by atoms with van der Waals surface area (Å²) >= 11 is 0. The number of carbonyl (C=O) groups is 2. The highest BCUT2D eigenvalue weighted by molar-refractivity contribution is 6.05. The number of amides is 2. The molecule has 0 radical (unpaired) electrons. The van der Waals surface area contributed by atoms with Gasteiger partial charge in [0.2, 0.25) is 0 Å². The highest BCUT2D eigenvalue weighted by Crippen LogP contribution is 2.15. The number of hydrogen-bond acceptors (Lipinski definition) is 3. The molecule has 2 saturated heterocycles. The number of quaternary nitrogens is 1. The fourth-order valence-electron chi connectivity index (χ4n) is 4.53. The molecule has 2 fully saturated rings. The Bertz CT molecular complexity index is 862. The summed E-state index contributed by atoms with van der Waals surface area (Å²) in [6.45, 7) is 3.97. The Kier molecular flexibility index (Phi) is 6.64. The first-order valence-electron chi connectivity index (χ1n) is 11.0. The molecule has 0 spiro atoms. The molecule has 2 aliphatic heterocycles. The van der Waals surface area contributed by atoms with E-state index < -0.39 is 0 Å². The number of hydrogen-bond donors (Lipinski definition) is 2. The number of benzene rings is 1. The molecule has 0 atom stereocenters. The summed E-state index contributed by atoms with van der Waals surface area (Å²) in [6.07, 6.45) is 9.18. The van der Waals surface area contributed by atoms with Crippen LogP contribution in [0.25, 0.3) is 6.08 Å². The lowest BCUT2D eigenvalue weighted by Crippen LogP contribution is -3.16. The molecule has 1 aromatic carbocycles. The van der Waals surface area contributed by atoms with Crippen LogP contribution in [0.1, 0.15) is 48.2 Å². The summed E-state index contributed by atoms with van der Waals surface area (Å²) in [6, 6.07) is 13.1. The van der Waals surface area contributed by atoms with Crippen molar-refractivity contribution in [1.82, 2.24) is 10.2 Å². The van der Waals surface area contributed by atoms with E-state index >= 15 is 0 Å². The quantitative estimate of drug-likeness (QED) is 0.745. The van der Waals surface area contributed by atoms with Crippen molar-refractivity contribution in [2.24, 2.45) is 0 Å². The zero-order valence-corrected chi connectivity index (χ0v) is 17.3. The van der Waals surface area contributed by atoms with Crippen LogP contribution in [-0.4, -0.2) is 48.9 Å². The first kappa shape index (κ1) is 20.4. The van der Waals surface area contributed by atoms with E-state index in [1.165, 1.54) is 32.4 Å². The number of nitrogens with zero attached hydrogens (tertiary/aromatic N) is 1. The van der Waals surface area contributed by atoms with Crippen LogP contribution in [0.5, 0.6) is 0 Å². The van der Waals surface area contributed by atoms with E-state index in [1.807, 2.05) is 11.0 Å². The minimum absolute atomic E-state index is 0.150. The molecule has 0 aliphatic carbocycles. The van der Waals surface area contributed by atoms with E-state index in [0.29, 0.717) is 17.4 Å². The van der Waals surface area contributed by atoms with Crippen molar-refractivity contribution in [3.63, 3.8) is 0 Å². The monoisotopic (exact) mass is 408 g/mol. The summed E-state index contributed by atoms with van der Waals surface area (Å²) in [5, 5.41) is 2.81. The standard InChI is InChI=1S/C24H29N3O3/c28-23(19-8-3-1-4-9-19)25-22(18-21-10-7-17-30-21)24(29)27-15-11-20(12-16-27)26-13-5-2-6-14-26/h1,3-4,7-10,17-18,20H,2,5-6,11-16H2,(H,25,28)/p+1/b22-18-. The molecule has 0 bridgehead atoms. The van der Waals surface area contributed by atoms with Crippen molar-refractivity contribution >= 4 is 17.9 Å². The Morgan fingerprint density at radius 1 is 1.00 bits per heavy atom. The number of nitrogens with one attached hydrogen (secondary N) is 2. The molecule has 2 aromatic rings. The van der Waals surface area contributed by atoms with Gasteiger partial charge in [0, 0.05) is 37.6 Å². The lowest BCUT2D eigenvalue weighted by molar-refractivity contribution is -0.931. The predicted octanol–water partition coefficient (Wildman–Crippen LogP) is 2.11. The highest BCUT2D eigenvalue weighted by atomic mass is 16.3. The van der Waals surface area contributed by atoms with Crippen LogP contribution in [0.15, 0.2) is 58.8 Å². The van der Waals surface area contributed by atoms with Gasteiger partial charge < -0.3 is 19.5 Å². The van der Waals surface area contributed by atoms with Crippen LogP contribution in [0.3, 0.4) is 0 Å². The average Bonchev–Trinajstić information content (AvgIpc) is 3.32. The van der Waals surface area contributed by atoms with Crippen LogP contribution in [0.2, 0.25) is 0 Å². The Hall–Kier alpha value is -2.86. The third-order valence-corrected chi connectivity index (χ3v) is 6.20. The Morgan fingerprint density at radius 3 is 2.40 bits per heavy atom. The largest absolute Gasteiger partial charge is 0.465 e. The molecular weight excluding hydrogens is 378 g/mol. The second-order valence-corrected chi connectivity index (χ2v) is 8.18. The van der Waals surface area contributed by atoms with Crippen LogP contribution >= 0.6 is 0 Å². The Morgan fingerprint density at radius 2 is 1.73 bits per heavy atom. The van der Waals surface area contributed by atoms with Gasteiger partial charge in [0.25, 0.3) is 11.8 Å². The third kappa shape index (κ3) is 5.00. The van der Waals surface area contributed by atoms with Gasteiger partial charge >= 0.3 is 0 Å². The maximum absolute atomic E-state index is 13.3. The van der Waals surface area contributed by atoms with E-state index in [4.69, 9.17) is 4.42 Å². The molecule has 3 heterocycles. The molecule has 2 aliphatic rings. The molecule has 6 heteroatoms. The van der Waals surface area contributed by atoms with E-state index in [1.54, 1.807) is 53.6 Å². The van der Waals surface area contributed by atoms with E-state index in [9.17, 15) is 9.59 Å². The fourth-order valence-corrected chi connectivity index (χ4v) is 4.53. The zero-order valence-electron chi connectivity index (χ0n) is 17.3. The maximum Gasteiger partial charge on any atom is 0.270 e. The van der Waals surface area contributed by atoms with Gasteiger partial charge in [-0.05, 0) is 43.5 Å². The number of likely N-dealkylation sites (tertiary alicyclic amines) is 2. The molecule has 2 amide bonds. The summed E-state index contributed by atoms with van der Waals surface area (Å²) in [5.74, 6) is 0.0940. The molecule has 0 saturated carbocycles. The molecule has 4 rings (SSSR count). The van der Waals surface area contributed by atoms with Crippen molar-refractivity contribution in [2.45, 2.75) is 38.1 Å². The van der Waals surface area contributed by atoms with Gasteiger partial charge in [0.15, 0.2) is 0 Å². The highest BCUT2D eigenvalue weighted by Gasteiger charge is 2.31. The average molecular weight is 409 g/mol. The molecule has 158 valence electrons. The van der Waals surface area contributed by atoms with Gasteiger partial charge in [-0.15, -0.1) is 0 Å². The second kappa shape index (κ2) is 9.76. The van der Waals surface area contributed by atoms with Gasteiger partial charge in [-0.2, -0.15) is 0 Å². The second-order valence-electron chi connectivity index (χ2n) is 8.18. The number of carbonyl (C=O) groups excluding carboxylic acids is 2. The van der Waals surface area contributed by atoms with Crippen LogP contribution < -0.4 is 10.2 Å². The van der Waals surface area contributed by atoms with E-state index in [2.05, 4.69) is 5.32 Å². The van der Waals surface area contributed by atoms with Gasteiger partial charge in [0.1, 0.15) is 11.5 Å². The fraction of sp³-hybridized carbons (Fsp3) is 0.417. The SMILES string of the molecule is O=C(N/C(=C\c1ccco1)C(=O)N1CCC([NH+]2CCCCC2)CC1)c1ccccc1. The minimum atomic E-state index is -0.297. The first-order valence-corrected chi connectivity index (χ1v) is 11.0. The van der Waals surface area contributed by atoms with Gasteiger partial charge in [-0.3, -0.25) is 9.59 Å². The van der Waals surface area contributed by atoms with Crippen molar-refractivity contribution < 1.29 is 18.9 Å². The zero-order chi connectivity index (χ0) is 20.8. The molecule has 30 heavy (non-hydrogen) atoms. The normalized spacial score (nSPS) is 18.9. The minimum Gasteiger partial charge on any atom is -0.465 e. The van der Waals surface area contributed by atoms with Crippen LogP contribution in [-0.2, 0) is 4.79 Å². The van der Waals surface area contributed by atoms with Crippen molar-refractivity contribution in [1.29, 1.82) is 0 Å². The lowest BCUT2D eigenvalue weighted by atomic mass is 9.99. The lowest BCUT2D eigenvalue weighted by Gasteiger charge is -2.38. The van der Waals surface area contributed by atoms with E-state index in [0.717, 1.165) is 25.9 Å². The van der Waals surface area contributed by atoms with Gasteiger partial charge in [0.05, 0.1) is 25.4 Å². The van der Waals surface area contributed by atoms with Gasteiger partial charge in [-0.1, -0.05) is 18.2 Å². The van der Waals surface area contributed by atoms with Crippen molar-refractivity contribution in [2.75, 3.05) is 26.2 Å². The van der Waals surface area contributed by atoms with Crippen molar-refractivity contribution in [3.8, 4) is 0 Å². The number of furan rings is 1. The summed E-state index contributed by atoms with van der Waals surface area (Å²) in [7, 11) is 0. The van der Waals surface area contributed by atoms with Gasteiger partial charge in [-0.25, -0.2) is 0 Å². The van der Waals surface area contributed by atoms with Crippen LogP contribution in [0.4, 0.5) is 0 Å². The molecule has 6 nitrogen and oxygen atoms in total. The maximum atomic E-state index is 13.3. The number of rotatable bonds is 5. The summed E-state index contributed by atoms with van der Waals surface area (Å²) in [4.78, 5) is 29.5. The molecule has 1 aromatic heterocycles. The summed E-state index contributed by atoms with van der Waals surface area (Å²) < 4.78 is 5.38.